The van der Waals surface area contributed by atoms with Gasteiger partial charge in [0, 0.05) is 12.2 Å². The van der Waals surface area contributed by atoms with Crippen LogP contribution in [0.4, 0.5) is 13.2 Å². The van der Waals surface area contributed by atoms with E-state index in [-0.39, 0.29) is 25.2 Å². The van der Waals surface area contributed by atoms with Gasteiger partial charge in [0.25, 0.3) is 5.91 Å². The SMILES string of the molecule is O=C(O)CC1(NC(=O)c2cccc(C(F)(F)F)c2)CCOC1. The smallest absolute Gasteiger partial charge is 0.416 e. The maximum Gasteiger partial charge on any atom is 0.416 e. The molecule has 1 unspecified atom stereocenters. The van der Waals surface area contributed by atoms with Crippen molar-refractivity contribution in [2.24, 2.45) is 0 Å². The van der Waals surface area contributed by atoms with Gasteiger partial charge in [0.2, 0.25) is 0 Å². The average Bonchev–Trinajstić information content (AvgIpc) is 2.85. The van der Waals surface area contributed by atoms with Crippen LogP contribution in [-0.4, -0.2) is 35.7 Å². The topological polar surface area (TPSA) is 75.6 Å². The van der Waals surface area contributed by atoms with Crippen molar-refractivity contribution in [2.45, 2.75) is 24.6 Å². The second-order valence-corrected chi connectivity index (χ2v) is 5.19. The van der Waals surface area contributed by atoms with E-state index in [2.05, 4.69) is 5.32 Å². The number of hydrogen-bond donors (Lipinski definition) is 2. The molecular formula is C14H14F3NO4. The highest BCUT2D eigenvalue weighted by Crippen LogP contribution is 2.30. The van der Waals surface area contributed by atoms with Crippen LogP contribution < -0.4 is 5.32 Å². The lowest BCUT2D eigenvalue weighted by molar-refractivity contribution is -0.139. The molecule has 1 saturated heterocycles. The fraction of sp³-hybridized carbons (Fsp3) is 0.429. The highest BCUT2D eigenvalue weighted by atomic mass is 19.4. The highest BCUT2D eigenvalue weighted by molar-refractivity contribution is 5.95. The lowest BCUT2D eigenvalue weighted by Crippen LogP contribution is -2.50. The number of hydrogen-bond acceptors (Lipinski definition) is 3. The number of aliphatic carboxylic acids is 1. The molecule has 0 aliphatic carbocycles. The van der Waals surface area contributed by atoms with E-state index in [0.29, 0.717) is 6.42 Å². The van der Waals surface area contributed by atoms with Crippen molar-refractivity contribution >= 4 is 11.9 Å². The molecule has 8 heteroatoms. The number of rotatable bonds is 4. The van der Waals surface area contributed by atoms with Gasteiger partial charge in [-0.15, -0.1) is 0 Å². The molecule has 1 aromatic rings. The maximum absolute atomic E-state index is 12.7. The molecule has 2 rings (SSSR count). The summed E-state index contributed by atoms with van der Waals surface area (Å²) in [6.45, 7) is 0.306. The molecule has 22 heavy (non-hydrogen) atoms. The Morgan fingerprint density at radius 3 is 2.64 bits per heavy atom. The van der Waals surface area contributed by atoms with Crippen molar-refractivity contribution in [2.75, 3.05) is 13.2 Å². The summed E-state index contributed by atoms with van der Waals surface area (Å²) >= 11 is 0. The van der Waals surface area contributed by atoms with Crippen molar-refractivity contribution in [1.29, 1.82) is 0 Å². The first-order valence-electron chi connectivity index (χ1n) is 6.51. The van der Waals surface area contributed by atoms with Crippen LogP contribution in [0.15, 0.2) is 24.3 Å². The van der Waals surface area contributed by atoms with Gasteiger partial charge < -0.3 is 15.2 Å². The predicted molar refractivity (Wildman–Crippen MR) is 69.3 cm³/mol. The Morgan fingerprint density at radius 2 is 2.09 bits per heavy atom. The number of nitrogens with one attached hydrogen (secondary N) is 1. The van der Waals surface area contributed by atoms with Crippen molar-refractivity contribution in [3.63, 3.8) is 0 Å². The van der Waals surface area contributed by atoms with E-state index in [1.54, 1.807) is 0 Å². The minimum atomic E-state index is -4.55. The molecule has 120 valence electrons. The van der Waals surface area contributed by atoms with Gasteiger partial charge in [-0.1, -0.05) is 6.07 Å². The molecule has 0 radical (unpaired) electrons. The molecule has 0 bridgehead atoms. The largest absolute Gasteiger partial charge is 0.481 e. The minimum Gasteiger partial charge on any atom is -0.481 e. The summed E-state index contributed by atoms with van der Waals surface area (Å²) in [5.74, 6) is -1.87. The summed E-state index contributed by atoms with van der Waals surface area (Å²) in [5.41, 5.74) is -2.20. The Kier molecular flexibility index (Phi) is 4.41. The normalized spacial score (nSPS) is 21.6. The van der Waals surface area contributed by atoms with Crippen LogP contribution in [-0.2, 0) is 15.7 Å². The first kappa shape index (κ1) is 16.3. The molecule has 0 spiro atoms. The molecule has 0 saturated carbocycles. The van der Waals surface area contributed by atoms with E-state index in [9.17, 15) is 22.8 Å². The van der Waals surface area contributed by atoms with E-state index >= 15 is 0 Å². The molecule has 1 fully saturated rings. The third kappa shape index (κ3) is 3.76. The zero-order valence-electron chi connectivity index (χ0n) is 11.4. The summed E-state index contributed by atoms with van der Waals surface area (Å²) in [4.78, 5) is 23.0. The van der Waals surface area contributed by atoms with Gasteiger partial charge in [-0.05, 0) is 24.6 Å². The van der Waals surface area contributed by atoms with Gasteiger partial charge in [0.1, 0.15) is 0 Å². The standard InChI is InChI=1S/C14H14F3NO4/c15-14(16,17)10-3-1-2-9(6-10)12(21)18-13(7-11(19)20)4-5-22-8-13/h1-3,6H,4-5,7-8H2,(H,18,21)(H,19,20). The highest BCUT2D eigenvalue weighted by Gasteiger charge is 2.39. The van der Waals surface area contributed by atoms with Crippen molar-refractivity contribution < 1.29 is 32.6 Å². The number of ether oxygens (including phenoxy) is 1. The average molecular weight is 317 g/mol. The second kappa shape index (κ2) is 5.96. The van der Waals surface area contributed by atoms with Crippen molar-refractivity contribution in [1.82, 2.24) is 5.32 Å². The van der Waals surface area contributed by atoms with Crippen LogP contribution in [0.3, 0.4) is 0 Å². The van der Waals surface area contributed by atoms with Crippen LogP contribution in [0.25, 0.3) is 0 Å². The van der Waals surface area contributed by atoms with Crippen LogP contribution in [0.1, 0.15) is 28.8 Å². The monoisotopic (exact) mass is 317 g/mol. The van der Waals surface area contributed by atoms with Crippen LogP contribution in [0.2, 0.25) is 0 Å². The Morgan fingerprint density at radius 1 is 1.36 bits per heavy atom. The van der Waals surface area contributed by atoms with Gasteiger partial charge in [-0.3, -0.25) is 9.59 Å². The summed E-state index contributed by atoms with van der Waals surface area (Å²) in [7, 11) is 0. The van der Waals surface area contributed by atoms with Crippen molar-refractivity contribution in [3.8, 4) is 0 Å². The first-order chi connectivity index (χ1) is 10.2. The summed E-state index contributed by atoms with van der Waals surface area (Å²) in [6.07, 6.45) is -4.60. The quantitative estimate of drug-likeness (QED) is 0.891. The number of carbonyl (C=O) groups is 2. The summed E-state index contributed by atoms with van der Waals surface area (Å²) in [5, 5.41) is 11.4. The Hall–Kier alpha value is -2.09. The third-order valence-corrected chi connectivity index (χ3v) is 3.42. The zero-order chi connectivity index (χ0) is 16.4. The number of carbonyl (C=O) groups excluding carboxylic acids is 1. The zero-order valence-corrected chi connectivity index (χ0v) is 11.4. The second-order valence-electron chi connectivity index (χ2n) is 5.19. The van der Waals surface area contributed by atoms with E-state index < -0.39 is 29.2 Å². The Bertz CT molecular complexity index is 580. The Labute approximate surface area is 124 Å². The number of halogens is 3. The number of alkyl halides is 3. The van der Waals surface area contributed by atoms with Crippen LogP contribution >= 0.6 is 0 Å². The first-order valence-corrected chi connectivity index (χ1v) is 6.51. The number of carboxylic acids is 1. The van der Waals surface area contributed by atoms with Gasteiger partial charge in [-0.25, -0.2) is 0 Å². The van der Waals surface area contributed by atoms with E-state index in [0.717, 1.165) is 18.2 Å². The molecule has 1 aliphatic rings. The number of benzene rings is 1. The molecule has 5 nitrogen and oxygen atoms in total. The van der Waals surface area contributed by atoms with Gasteiger partial charge in [0.15, 0.2) is 0 Å². The van der Waals surface area contributed by atoms with E-state index in [1.807, 2.05) is 0 Å². The molecule has 1 aliphatic heterocycles. The molecule has 1 atom stereocenters. The third-order valence-electron chi connectivity index (χ3n) is 3.42. The maximum atomic E-state index is 12.7. The van der Waals surface area contributed by atoms with Gasteiger partial charge >= 0.3 is 12.1 Å². The predicted octanol–water partition coefficient (Wildman–Crippen LogP) is 2.07. The van der Waals surface area contributed by atoms with Gasteiger partial charge in [-0.2, -0.15) is 13.2 Å². The lowest BCUT2D eigenvalue weighted by Gasteiger charge is -2.27. The van der Waals surface area contributed by atoms with E-state index in [4.69, 9.17) is 9.84 Å². The summed E-state index contributed by atoms with van der Waals surface area (Å²) in [6, 6.07) is 3.98. The van der Waals surface area contributed by atoms with Gasteiger partial charge in [0.05, 0.1) is 24.1 Å². The molecular weight excluding hydrogens is 303 g/mol. The summed E-state index contributed by atoms with van der Waals surface area (Å²) < 4.78 is 43.1. The van der Waals surface area contributed by atoms with Crippen molar-refractivity contribution in [3.05, 3.63) is 35.4 Å². The molecule has 1 amide bonds. The molecule has 1 heterocycles. The Balaban J connectivity index is 2.19. The molecule has 0 aromatic heterocycles. The number of amides is 1. The number of carboxylic acid groups (broad SMARTS) is 1. The van der Waals surface area contributed by atoms with Crippen LogP contribution in [0.5, 0.6) is 0 Å². The fourth-order valence-electron chi connectivity index (χ4n) is 2.33. The minimum absolute atomic E-state index is 0.0179. The van der Waals surface area contributed by atoms with E-state index in [1.165, 1.54) is 6.07 Å². The molecule has 2 N–H and O–H groups in total. The molecule has 1 aromatic carbocycles. The van der Waals surface area contributed by atoms with Crippen LogP contribution in [0, 0.1) is 0 Å². The fourth-order valence-corrected chi connectivity index (χ4v) is 2.33. The lowest BCUT2D eigenvalue weighted by atomic mass is 9.93.